The molecule has 1 aromatic heterocycles. The van der Waals surface area contributed by atoms with E-state index >= 15 is 0 Å². The Labute approximate surface area is 119 Å². The van der Waals surface area contributed by atoms with Crippen LogP contribution in [-0.2, 0) is 0 Å². The van der Waals surface area contributed by atoms with Crippen LogP contribution in [0, 0.1) is 0 Å². The molecule has 0 fully saturated rings. The maximum absolute atomic E-state index is 12.3. The van der Waals surface area contributed by atoms with Crippen molar-refractivity contribution >= 4 is 11.7 Å². The van der Waals surface area contributed by atoms with Gasteiger partial charge in [-0.3, -0.25) is 0 Å². The summed E-state index contributed by atoms with van der Waals surface area (Å²) in [5.41, 5.74) is 0.678. The number of methoxy groups -OCH3 is 1. The second-order valence-corrected chi connectivity index (χ2v) is 4.81. The maximum Gasteiger partial charge on any atom is 0.322 e. The molecule has 1 atom stereocenters. The summed E-state index contributed by atoms with van der Waals surface area (Å²) in [5, 5.41) is 2.87. The Hall–Kier alpha value is -2.04. The Morgan fingerprint density at radius 1 is 1.55 bits per heavy atom. The van der Waals surface area contributed by atoms with Gasteiger partial charge >= 0.3 is 6.03 Å². The first kappa shape index (κ1) is 14.4. The molecule has 2 amide bonds. The Morgan fingerprint density at radius 2 is 2.40 bits per heavy atom. The number of amides is 2. The van der Waals surface area contributed by atoms with E-state index in [4.69, 9.17) is 4.74 Å². The number of rotatable bonds is 5. The average molecular weight is 275 g/mol. The monoisotopic (exact) mass is 275 g/mol. The van der Waals surface area contributed by atoms with Crippen molar-refractivity contribution in [3.63, 3.8) is 0 Å². The molecular weight excluding hydrogens is 254 g/mol. The molecule has 1 N–H and O–H groups in total. The highest BCUT2D eigenvalue weighted by atomic mass is 16.5. The number of urea groups is 1. The lowest BCUT2D eigenvalue weighted by Crippen LogP contribution is -2.39. The number of unbranched alkanes of at least 4 members (excludes halogenated alkanes) is 1. The van der Waals surface area contributed by atoms with E-state index in [0.29, 0.717) is 18.1 Å². The lowest BCUT2D eigenvalue weighted by molar-refractivity contribution is 0.208. The smallest absolute Gasteiger partial charge is 0.322 e. The van der Waals surface area contributed by atoms with Crippen LogP contribution in [0.25, 0.3) is 0 Å². The van der Waals surface area contributed by atoms with Gasteiger partial charge in [0.25, 0.3) is 0 Å². The fourth-order valence-corrected chi connectivity index (χ4v) is 2.24. The quantitative estimate of drug-likeness (QED) is 0.840. The number of hydrogen-bond acceptors (Lipinski definition) is 3. The van der Waals surface area contributed by atoms with E-state index in [2.05, 4.69) is 23.3 Å². The average Bonchev–Trinajstić information content (AvgIpc) is 2.94. The minimum atomic E-state index is -0.0805. The van der Waals surface area contributed by atoms with E-state index in [9.17, 15) is 4.79 Å². The zero-order chi connectivity index (χ0) is 14.4. The molecule has 2 rings (SSSR count). The SMILES string of the molecule is CCCCC1C=CCN1C(=O)Nc1ccc(OC)nc1. The minimum Gasteiger partial charge on any atom is -0.481 e. The number of carbonyl (C=O) groups excluding carboxylic acids is 1. The van der Waals surface area contributed by atoms with E-state index in [1.807, 2.05) is 11.0 Å². The van der Waals surface area contributed by atoms with Crippen molar-refractivity contribution in [3.05, 3.63) is 30.5 Å². The molecular formula is C15H21N3O2. The van der Waals surface area contributed by atoms with Crippen molar-refractivity contribution in [1.82, 2.24) is 9.88 Å². The summed E-state index contributed by atoms with van der Waals surface area (Å²) in [6, 6.07) is 3.64. The van der Waals surface area contributed by atoms with E-state index in [1.54, 1.807) is 25.4 Å². The number of pyridine rings is 1. The molecule has 1 aromatic rings. The third kappa shape index (κ3) is 3.50. The van der Waals surface area contributed by atoms with Gasteiger partial charge in [-0.15, -0.1) is 0 Å². The van der Waals surface area contributed by atoms with Crippen LogP contribution in [0.2, 0.25) is 0 Å². The van der Waals surface area contributed by atoms with Gasteiger partial charge in [0, 0.05) is 12.6 Å². The predicted octanol–water partition coefficient (Wildman–Crippen LogP) is 3.05. The van der Waals surface area contributed by atoms with Crippen LogP contribution >= 0.6 is 0 Å². The van der Waals surface area contributed by atoms with E-state index in [1.165, 1.54) is 0 Å². The molecule has 0 saturated carbocycles. The molecule has 0 bridgehead atoms. The molecule has 108 valence electrons. The van der Waals surface area contributed by atoms with Crippen molar-refractivity contribution in [2.24, 2.45) is 0 Å². The summed E-state index contributed by atoms with van der Waals surface area (Å²) in [6.45, 7) is 2.83. The molecule has 0 saturated heterocycles. The van der Waals surface area contributed by atoms with Gasteiger partial charge < -0.3 is 15.0 Å². The predicted molar refractivity (Wildman–Crippen MR) is 79.0 cm³/mol. The maximum atomic E-state index is 12.3. The lowest BCUT2D eigenvalue weighted by Gasteiger charge is -2.24. The molecule has 1 aliphatic heterocycles. The first-order valence-electron chi connectivity index (χ1n) is 6.99. The van der Waals surface area contributed by atoms with Crippen LogP contribution in [0.15, 0.2) is 30.5 Å². The van der Waals surface area contributed by atoms with Crippen LogP contribution in [0.4, 0.5) is 10.5 Å². The van der Waals surface area contributed by atoms with Crippen molar-refractivity contribution in [2.75, 3.05) is 19.0 Å². The van der Waals surface area contributed by atoms with Gasteiger partial charge in [-0.05, 0) is 12.5 Å². The zero-order valence-corrected chi connectivity index (χ0v) is 12.0. The third-order valence-electron chi connectivity index (χ3n) is 3.37. The van der Waals surface area contributed by atoms with Gasteiger partial charge in [-0.2, -0.15) is 0 Å². The Kier molecular flexibility index (Phi) is 4.98. The summed E-state index contributed by atoms with van der Waals surface area (Å²) < 4.78 is 4.99. The molecule has 5 nitrogen and oxygen atoms in total. The fourth-order valence-electron chi connectivity index (χ4n) is 2.24. The molecule has 1 aliphatic rings. The molecule has 2 heterocycles. The molecule has 0 spiro atoms. The zero-order valence-electron chi connectivity index (χ0n) is 12.0. The topological polar surface area (TPSA) is 54.5 Å². The van der Waals surface area contributed by atoms with Gasteiger partial charge in [0.2, 0.25) is 5.88 Å². The number of aromatic nitrogens is 1. The number of ether oxygens (including phenoxy) is 1. The Morgan fingerprint density at radius 3 is 3.05 bits per heavy atom. The van der Waals surface area contributed by atoms with E-state index < -0.39 is 0 Å². The molecule has 0 aliphatic carbocycles. The molecule has 0 radical (unpaired) electrons. The summed E-state index contributed by atoms with van der Waals surface area (Å²) in [7, 11) is 1.56. The molecule has 5 heteroatoms. The fraction of sp³-hybridized carbons (Fsp3) is 0.467. The largest absolute Gasteiger partial charge is 0.481 e. The highest BCUT2D eigenvalue weighted by Crippen LogP contribution is 2.18. The van der Waals surface area contributed by atoms with Crippen molar-refractivity contribution in [3.8, 4) is 5.88 Å². The minimum absolute atomic E-state index is 0.0805. The summed E-state index contributed by atoms with van der Waals surface area (Å²) >= 11 is 0. The van der Waals surface area contributed by atoms with Crippen molar-refractivity contribution < 1.29 is 9.53 Å². The van der Waals surface area contributed by atoms with Gasteiger partial charge in [0.1, 0.15) is 0 Å². The van der Waals surface area contributed by atoms with Gasteiger partial charge in [0.05, 0.1) is 25.0 Å². The van der Waals surface area contributed by atoms with Gasteiger partial charge in [-0.1, -0.05) is 31.9 Å². The first-order chi connectivity index (χ1) is 9.74. The molecule has 20 heavy (non-hydrogen) atoms. The lowest BCUT2D eigenvalue weighted by atomic mass is 10.1. The second kappa shape index (κ2) is 6.93. The normalized spacial score (nSPS) is 17.3. The number of carbonyl (C=O) groups is 1. The van der Waals surface area contributed by atoms with Crippen LogP contribution < -0.4 is 10.1 Å². The standard InChI is InChI=1S/C15H21N3O2/c1-3-4-6-13-7-5-10-18(13)15(19)17-12-8-9-14(20-2)16-11-12/h5,7-9,11,13H,3-4,6,10H2,1-2H3,(H,17,19). The van der Waals surface area contributed by atoms with Crippen LogP contribution in [0.1, 0.15) is 26.2 Å². The second-order valence-electron chi connectivity index (χ2n) is 4.81. The highest BCUT2D eigenvalue weighted by Gasteiger charge is 2.24. The Bertz CT molecular complexity index is 471. The molecule has 0 aromatic carbocycles. The van der Waals surface area contributed by atoms with Crippen LogP contribution in [0.5, 0.6) is 5.88 Å². The van der Waals surface area contributed by atoms with Gasteiger partial charge in [-0.25, -0.2) is 9.78 Å². The number of nitrogens with one attached hydrogen (secondary N) is 1. The number of hydrogen-bond donors (Lipinski definition) is 1. The first-order valence-corrected chi connectivity index (χ1v) is 6.99. The van der Waals surface area contributed by atoms with Gasteiger partial charge in [0.15, 0.2) is 0 Å². The summed E-state index contributed by atoms with van der Waals surface area (Å²) in [4.78, 5) is 18.2. The van der Waals surface area contributed by atoms with Crippen LogP contribution in [0.3, 0.4) is 0 Å². The number of anilines is 1. The highest BCUT2D eigenvalue weighted by molar-refractivity contribution is 5.89. The van der Waals surface area contributed by atoms with Crippen molar-refractivity contribution in [2.45, 2.75) is 32.2 Å². The summed E-state index contributed by atoms with van der Waals surface area (Å²) in [6.07, 6.45) is 9.04. The van der Waals surface area contributed by atoms with E-state index in [0.717, 1.165) is 19.3 Å². The Balaban J connectivity index is 1.93. The van der Waals surface area contributed by atoms with E-state index in [-0.39, 0.29) is 12.1 Å². The van der Waals surface area contributed by atoms with Crippen LogP contribution in [-0.4, -0.2) is 35.6 Å². The number of nitrogens with zero attached hydrogens (tertiary/aromatic N) is 2. The van der Waals surface area contributed by atoms with Crippen molar-refractivity contribution in [1.29, 1.82) is 0 Å². The molecule has 1 unspecified atom stereocenters. The third-order valence-corrected chi connectivity index (χ3v) is 3.37. The summed E-state index contributed by atoms with van der Waals surface area (Å²) in [5.74, 6) is 0.534.